The first-order chi connectivity index (χ1) is 9.51. The van der Waals surface area contributed by atoms with E-state index in [1.165, 1.54) is 0 Å². The fourth-order valence-corrected chi connectivity index (χ4v) is 2.69. The SMILES string of the molecule is CCNc1ncc(Br)cc1C(=O)N(C)C(C)CCSC. The molecule has 0 aliphatic carbocycles. The van der Waals surface area contributed by atoms with E-state index in [0.717, 1.165) is 23.2 Å². The fourth-order valence-electron chi connectivity index (χ4n) is 1.78. The Kier molecular flexibility index (Phi) is 7.37. The zero-order chi connectivity index (χ0) is 15.1. The predicted molar refractivity (Wildman–Crippen MR) is 90.7 cm³/mol. The number of hydrogen-bond donors (Lipinski definition) is 1. The number of anilines is 1. The molecule has 0 aromatic carbocycles. The summed E-state index contributed by atoms with van der Waals surface area (Å²) in [5.41, 5.74) is 0.611. The third-order valence-corrected chi connectivity index (χ3v) is 4.23. The van der Waals surface area contributed by atoms with Crippen molar-refractivity contribution in [1.29, 1.82) is 0 Å². The standard InChI is InChI=1S/C14H22BrN3OS/c1-5-16-13-12(8-11(15)9-17-13)14(19)18(3)10(2)6-7-20-4/h8-10H,5-7H2,1-4H3,(H,16,17). The molecule has 20 heavy (non-hydrogen) atoms. The van der Waals surface area contributed by atoms with Crippen molar-refractivity contribution in [3.8, 4) is 0 Å². The molecule has 1 aromatic rings. The number of amides is 1. The average molecular weight is 360 g/mol. The number of thioether (sulfide) groups is 1. The monoisotopic (exact) mass is 359 g/mol. The van der Waals surface area contributed by atoms with Crippen LogP contribution >= 0.6 is 27.7 Å². The maximum absolute atomic E-state index is 12.6. The van der Waals surface area contributed by atoms with Crippen LogP contribution in [0.2, 0.25) is 0 Å². The van der Waals surface area contributed by atoms with Crippen molar-refractivity contribution < 1.29 is 4.79 Å². The minimum absolute atomic E-state index is 0.00310. The maximum atomic E-state index is 12.6. The smallest absolute Gasteiger partial charge is 0.257 e. The van der Waals surface area contributed by atoms with E-state index in [9.17, 15) is 4.79 Å². The summed E-state index contributed by atoms with van der Waals surface area (Å²) in [5, 5.41) is 3.14. The molecule has 0 aliphatic heterocycles. The number of nitrogens with one attached hydrogen (secondary N) is 1. The van der Waals surface area contributed by atoms with Crippen LogP contribution in [-0.2, 0) is 0 Å². The summed E-state index contributed by atoms with van der Waals surface area (Å²) in [7, 11) is 1.85. The van der Waals surface area contributed by atoms with Gasteiger partial charge in [0.25, 0.3) is 5.91 Å². The van der Waals surface area contributed by atoms with Crippen LogP contribution < -0.4 is 5.32 Å². The lowest BCUT2D eigenvalue weighted by atomic mass is 10.1. The first-order valence-electron chi connectivity index (χ1n) is 6.66. The quantitative estimate of drug-likeness (QED) is 0.809. The second-order valence-corrected chi connectivity index (χ2v) is 6.53. The van der Waals surface area contributed by atoms with Crippen molar-refractivity contribution >= 4 is 39.4 Å². The van der Waals surface area contributed by atoms with Crippen LogP contribution in [-0.4, -0.2) is 47.4 Å². The van der Waals surface area contributed by atoms with Gasteiger partial charge >= 0.3 is 0 Å². The zero-order valence-electron chi connectivity index (χ0n) is 12.4. The van der Waals surface area contributed by atoms with E-state index < -0.39 is 0 Å². The highest BCUT2D eigenvalue weighted by Gasteiger charge is 2.21. The first kappa shape index (κ1) is 17.3. The van der Waals surface area contributed by atoms with E-state index in [1.807, 2.05) is 20.0 Å². The van der Waals surface area contributed by atoms with E-state index in [4.69, 9.17) is 0 Å². The van der Waals surface area contributed by atoms with Gasteiger partial charge in [0.2, 0.25) is 0 Å². The molecule has 0 fully saturated rings. The first-order valence-corrected chi connectivity index (χ1v) is 8.85. The summed E-state index contributed by atoms with van der Waals surface area (Å²) < 4.78 is 0.813. The molecule has 4 nitrogen and oxygen atoms in total. The predicted octanol–water partition coefficient (Wildman–Crippen LogP) is 3.49. The molecular weight excluding hydrogens is 338 g/mol. The molecular formula is C14H22BrN3OS. The Morgan fingerprint density at radius 1 is 1.60 bits per heavy atom. The normalized spacial score (nSPS) is 12.1. The second kappa shape index (κ2) is 8.52. The summed E-state index contributed by atoms with van der Waals surface area (Å²) in [6, 6.07) is 2.04. The lowest BCUT2D eigenvalue weighted by Crippen LogP contribution is -2.36. The molecule has 0 saturated heterocycles. The van der Waals surface area contributed by atoms with E-state index in [-0.39, 0.29) is 11.9 Å². The van der Waals surface area contributed by atoms with Crippen LogP contribution in [0, 0.1) is 0 Å². The molecule has 1 unspecified atom stereocenters. The highest BCUT2D eigenvalue weighted by molar-refractivity contribution is 9.10. The van der Waals surface area contributed by atoms with Gasteiger partial charge in [0.1, 0.15) is 5.82 Å². The number of nitrogens with zero attached hydrogens (tertiary/aromatic N) is 2. The molecule has 6 heteroatoms. The summed E-state index contributed by atoms with van der Waals surface area (Å²) in [5.74, 6) is 1.70. The minimum Gasteiger partial charge on any atom is -0.370 e. The van der Waals surface area contributed by atoms with Gasteiger partial charge < -0.3 is 10.2 Å². The molecule has 1 atom stereocenters. The lowest BCUT2D eigenvalue weighted by molar-refractivity contribution is 0.0742. The van der Waals surface area contributed by atoms with Crippen molar-refractivity contribution in [2.24, 2.45) is 0 Å². The van der Waals surface area contributed by atoms with Gasteiger partial charge in [-0.2, -0.15) is 11.8 Å². The van der Waals surface area contributed by atoms with Gasteiger partial charge in [0, 0.05) is 30.3 Å². The van der Waals surface area contributed by atoms with Crippen molar-refractivity contribution in [3.05, 3.63) is 22.3 Å². The number of aromatic nitrogens is 1. The van der Waals surface area contributed by atoms with Crippen molar-refractivity contribution in [2.45, 2.75) is 26.3 Å². The molecule has 0 saturated carbocycles. The summed E-state index contributed by atoms with van der Waals surface area (Å²) in [4.78, 5) is 18.7. The van der Waals surface area contributed by atoms with Crippen molar-refractivity contribution in [2.75, 3.05) is 30.9 Å². The Bertz CT molecular complexity index is 456. The molecule has 0 bridgehead atoms. The third kappa shape index (κ3) is 4.66. The number of carbonyl (C=O) groups is 1. The van der Waals surface area contributed by atoms with Gasteiger partial charge in [-0.3, -0.25) is 4.79 Å². The molecule has 112 valence electrons. The largest absolute Gasteiger partial charge is 0.370 e. The van der Waals surface area contributed by atoms with E-state index in [1.54, 1.807) is 22.9 Å². The number of rotatable bonds is 7. The molecule has 1 amide bonds. The Morgan fingerprint density at radius 3 is 2.90 bits per heavy atom. The third-order valence-electron chi connectivity index (χ3n) is 3.15. The van der Waals surface area contributed by atoms with Crippen molar-refractivity contribution in [1.82, 2.24) is 9.88 Å². The molecule has 0 radical (unpaired) electrons. The Morgan fingerprint density at radius 2 is 2.30 bits per heavy atom. The summed E-state index contributed by atoms with van der Waals surface area (Å²) >= 11 is 5.18. The van der Waals surface area contributed by atoms with E-state index in [2.05, 4.69) is 39.4 Å². The van der Waals surface area contributed by atoms with Gasteiger partial charge in [-0.05, 0) is 54.3 Å². The molecule has 1 rings (SSSR count). The molecule has 1 heterocycles. The van der Waals surface area contributed by atoms with Crippen LogP contribution in [0.5, 0.6) is 0 Å². The second-order valence-electron chi connectivity index (χ2n) is 4.63. The average Bonchev–Trinajstić information content (AvgIpc) is 2.45. The van der Waals surface area contributed by atoms with Gasteiger partial charge in [-0.25, -0.2) is 4.98 Å². The fraction of sp³-hybridized carbons (Fsp3) is 0.571. The van der Waals surface area contributed by atoms with Crippen LogP contribution in [0.25, 0.3) is 0 Å². The van der Waals surface area contributed by atoms with Crippen LogP contribution in [0.15, 0.2) is 16.7 Å². The Labute approximate surface area is 133 Å². The van der Waals surface area contributed by atoms with Crippen LogP contribution in [0.3, 0.4) is 0 Å². The minimum atomic E-state index is 0.00310. The Balaban J connectivity index is 2.92. The molecule has 0 aliphatic rings. The lowest BCUT2D eigenvalue weighted by Gasteiger charge is -2.25. The van der Waals surface area contributed by atoms with Gasteiger partial charge in [-0.1, -0.05) is 0 Å². The topological polar surface area (TPSA) is 45.2 Å². The summed E-state index contributed by atoms with van der Waals surface area (Å²) in [6.45, 7) is 4.80. The zero-order valence-corrected chi connectivity index (χ0v) is 14.8. The number of halogens is 1. The highest BCUT2D eigenvalue weighted by Crippen LogP contribution is 2.21. The summed E-state index contributed by atoms with van der Waals surface area (Å²) in [6.07, 6.45) is 4.77. The highest BCUT2D eigenvalue weighted by atomic mass is 79.9. The van der Waals surface area contributed by atoms with E-state index in [0.29, 0.717) is 11.4 Å². The van der Waals surface area contributed by atoms with E-state index >= 15 is 0 Å². The molecule has 0 spiro atoms. The van der Waals surface area contributed by atoms with Gasteiger partial charge in [0.15, 0.2) is 0 Å². The van der Waals surface area contributed by atoms with Gasteiger partial charge in [0.05, 0.1) is 5.56 Å². The number of hydrogen-bond acceptors (Lipinski definition) is 4. The molecule has 1 aromatic heterocycles. The molecule has 1 N–H and O–H groups in total. The Hall–Kier alpha value is -0.750. The van der Waals surface area contributed by atoms with Crippen LogP contribution in [0.1, 0.15) is 30.6 Å². The number of pyridine rings is 1. The van der Waals surface area contributed by atoms with Crippen LogP contribution in [0.4, 0.5) is 5.82 Å². The van der Waals surface area contributed by atoms with Crippen molar-refractivity contribution in [3.63, 3.8) is 0 Å². The number of carbonyl (C=O) groups excluding carboxylic acids is 1. The van der Waals surface area contributed by atoms with Gasteiger partial charge in [-0.15, -0.1) is 0 Å². The maximum Gasteiger partial charge on any atom is 0.257 e.